The van der Waals surface area contributed by atoms with Crippen LogP contribution < -0.4 is 0 Å². The van der Waals surface area contributed by atoms with Gasteiger partial charge in [0, 0.05) is 33.2 Å². The molecule has 6 heteroatoms. The molecule has 0 N–H and O–H groups in total. The average Bonchev–Trinajstić information content (AvgIpc) is 3.18. The highest BCUT2D eigenvalue weighted by Gasteiger charge is 2.49. The van der Waals surface area contributed by atoms with E-state index in [2.05, 4.69) is 0 Å². The summed E-state index contributed by atoms with van der Waals surface area (Å²) in [6, 6.07) is 7.04. The molecule has 0 radical (unpaired) electrons. The van der Waals surface area contributed by atoms with Gasteiger partial charge in [-0.15, -0.1) is 0 Å². The SMILES string of the molecule is CN(C)C(=O)N1C[C@H]2C[C@H](N3C(=O)c4ccccc4C3=O)C[C@H]2C1. The summed E-state index contributed by atoms with van der Waals surface area (Å²) in [6.45, 7) is 1.45. The molecule has 4 amide bonds. The van der Waals surface area contributed by atoms with E-state index in [4.69, 9.17) is 0 Å². The number of imide groups is 1. The maximum atomic E-state index is 12.6. The Hall–Kier alpha value is -2.37. The van der Waals surface area contributed by atoms with Gasteiger partial charge in [0.25, 0.3) is 11.8 Å². The highest BCUT2D eigenvalue weighted by Crippen LogP contribution is 2.42. The van der Waals surface area contributed by atoms with Gasteiger partial charge in [-0.1, -0.05) is 12.1 Å². The predicted molar refractivity (Wildman–Crippen MR) is 87.6 cm³/mol. The summed E-state index contributed by atoms with van der Waals surface area (Å²) in [5.74, 6) is 0.426. The second-order valence-electron chi connectivity index (χ2n) is 7.25. The third-order valence-corrected chi connectivity index (χ3v) is 5.57. The van der Waals surface area contributed by atoms with Gasteiger partial charge < -0.3 is 9.80 Å². The molecule has 0 bridgehead atoms. The van der Waals surface area contributed by atoms with Crippen LogP contribution in [0.2, 0.25) is 0 Å². The molecule has 1 saturated carbocycles. The fourth-order valence-electron chi connectivity index (χ4n) is 4.46. The number of likely N-dealkylation sites (tertiary alicyclic amines) is 1. The highest BCUT2D eigenvalue weighted by atomic mass is 16.2. The van der Waals surface area contributed by atoms with Crippen LogP contribution in [0.15, 0.2) is 24.3 Å². The number of carbonyl (C=O) groups excluding carboxylic acids is 3. The van der Waals surface area contributed by atoms with Crippen LogP contribution in [-0.2, 0) is 0 Å². The van der Waals surface area contributed by atoms with E-state index < -0.39 is 0 Å². The zero-order valence-corrected chi connectivity index (χ0v) is 13.9. The molecule has 3 aliphatic rings. The van der Waals surface area contributed by atoms with E-state index in [0.29, 0.717) is 23.0 Å². The monoisotopic (exact) mass is 327 g/mol. The van der Waals surface area contributed by atoms with Gasteiger partial charge in [0.05, 0.1) is 11.1 Å². The molecular weight excluding hydrogens is 306 g/mol. The summed E-state index contributed by atoms with van der Waals surface area (Å²) < 4.78 is 0. The number of carbonyl (C=O) groups is 3. The fraction of sp³-hybridized carbons (Fsp3) is 0.500. The minimum Gasteiger partial charge on any atom is -0.331 e. The van der Waals surface area contributed by atoms with E-state index in [1.165, 1.54) is 4.90 Å². The van der Waals surface area contributed by atoms with Crippen LogP contribution in [0.4, 0.5) is 4.79 Å². The summed E-state index contributed by atoms with van der Waals surface area (Å²) in [6.07, 6.45) is 1.60. The summed E-state index contributed by atoms with van der Waals surface area (Å²) in [5.41, 5.74) is 1.04. The maximum Gasteiger partial charge on any atom is 0.319 e. The fourth-order valence-corrected chi connectivity index (χ4v) is 4.46. The van der Waals surface area contributed by atoms with Crippen LogP contribution in [0.25, 0.3) is 0 Å². The Morgan fingerprint density at radius 2 is 1.50 bits per heavy atom. The minimum atomic E-state index is -0.165. The van der Waals surface area contributed by atoms with Crippen molar-refractivity contribution in [1.29, 1.82) is 0 Å². The Kier molecular flexibility index (Phi) is 3.37. The topological polar surface area (TPSA) is 60.9 Å². The highest BCUT2D eigenvalue weighted by molar-refractivity contribution is 6.21. The molecule has 2 heterocycles. The van der Waals surface area contributed by atoms with Crippen molar-refractivity contribution in [3.8, 4) is 0 Å². The van der Waals surface area contributed by atoms with Gasteiger partial charge in [-0.25, -0.2) is 4.79 Å². The second-order valence-corrected chi connectivity index (χ2v) is 7.25. The molecule has 1 aromatic rings. The molecule has 4 rings (SSSR count). The summed E-state index contributed by atoms with van der Waals surface area (Å²) in [5, 5.41) is 0. The number of fused-ring (bicyclic) bond motifs is 2. The van der Waals surface area contributed by atoms with E-state index >= 15 is 0 Å². The third-order valence-electron chi connectivity index (χ3n) is 5.57. The van der Waals surface area contributed by atoms with Gasteiger partial charge in [0.15, 0.2) is 0 Å². The summed E-state index contributed by atoms with van der Waals surface area (Å²) in [7, 11) is 3.52. The minimum absolute atomic E-state index is 0.0380. The Balaban J connectivity index is 1.48. The molecule has 1 aliphatic carbocycles. The lowest BCUT2D eigenvalue weighted by Crippen LogP contribution is -2.41. The van der Waals surface area contributed by atoms with Gasteiger partial charge in [0.1, 0.15) is 0 Å². The molecule has 2 aliphatic heterocycles. The number of amides is 4. The van der Waals surface area contributed by atoms with Crippen LogP contribution >= 0.6 is 0 Å². The lowest BCUT2D eigenvalue weighted by atomic mass is 10.0. The molecule has 3 atom stereocenters. The van der Waals surface area contributed by atoms with Gasteiger partial charge in [-0.2, -0.15) is 0 Å². The van der Waals surface area contributed by atoms with Crippen LogP contribution in [0.1, 0.15) is 33.6 Å². The zero-order chi connectivity index (χ0) is 17.0. The first-order valence-electron chi connectivity index (χ1n) is 8.40. The first-order chi connectivity index (χ1) is 11.5. The zero-order valence-electron chi connectivity index (χ0n) is 13.9. The lowest BCUT2D eigenvalue weighted by Gasteiger charge is -2.26. The second kappa shape index (κ2) is 5.33. The van der Waals surface area contributed by atoms with Gasteiger partial charge in [-0.05, 0) is 36.8 Å². The van der Waals surface area contributed by atoms with Crippen LogP contribution in [-0.4, -0.2) is 65.8 Å². The number of rotatable bonds is 1. The van der Waals surface area contributed by atoms with Crippen molar-refractivity contribution in [2.45, 2.75) is 18.9 Å². The van der Waals surface area contributed by atoms with Crippen molar-refractivity contribution < 1.29 is 14.4 Å². The summed E-state index contributed by atoms with van der Waals surface area (Å²) in [4.78, 5) is 42.3. The summed E-state index contributed by atoms with van der Waals surface area (Å²) >= 11 is 0. The molecule has 1 saturated heterocycles. The van der Waals surface area contributed by atoms with Gasteiger partial charge in [-0.3, -0.25) is 14.5 Å². The van der Waals surface area contributed by atoms with Crippen molar-refractivity contribution in [2.75, 3.05) is 27.2 Å². The number of nitrogens with zero attached hydrogens (tertiary/aromatic N) is 3. The molecule has 0 aromatic heterocycles. The normalized spacial score (nSPS) is 28.3. The van der Waals surface area contributed by atoms with Crippen molar-refractivity contribution in [1.82, 2.24) is 14.7 Å². The van der Waals surface area contributed by atoms with Crippen molar-refractivity contribution >= 4 is 17.8 Å². The molecule has 2 fully saturated rings. The van der Waals surface area contributed by atoms with Gasteiger partial charge >= 0.3 is 6.03 Å². The predicted octanol–water partition coefficient (Wildman–Crippen LogP) is 1.67. The van der Waals surface area contributed by atoms with Crippen LogP contribution in [0.3, 0.4) is 0 Å². The Labute approximate surface area is 141 Å². The Bertz CT molecular complexity index is 681. The largest absolute Gasteiger partial charge is 0.331 e. The number of benzene rings is 1. The molecule has 24 heavy (non-hydrogen) atoms. The molecule has 126 valence electrons. The van der Waals surface area contributed by atoms with E-state index in [1.54, 1.807) is 43.3 Å². The number of urea groups is 1. The van der Waals surface area contributed by atoms with Crippen LogP contribution in [0.5, 0.6) is 0 Å². The molecule has 1 aromatic carbocycles. The van der Waals surface area contributed by atoms with Crippen molar-refractivity contribution in [3.63, 3.8) is 0 Å². The molecule has 6 nitrogen and oxygen atoms in total. The van der Waals surface area contributed by atoms with E-state index in [0.717, 1.165) is 25.9 Å². The number of hydrogen-bond acceptors (Lipinski definition) is 3. The first kappa shape index (κ1) is 15.2. The molecular formula is C18H21N3O3. The third kappa shape index (κ3) is 2.12. The standard InChI is InChI=1S/C18H21N3O3/c1-19(2)18(24)20-9-11-7-13(8-12(11)10-20)21-16(22)14-5-3-4-6-15(14)17(21)23/h3-6,11-13H,7-10H2,1-2H3/t11-,12+,13+. The maximum absolute atomic E-state index is 12.6. The van der Waals surface area contributed by atoms with Gasteiger partial charge in [0.2, 0.25) is 0 Å². The Morgan fingerprint density at radius 1 is 1.00 bits per heavy atom. The average molecular weight is 327 g/mol. The lowest BCUT2D eigenvalue weighted by molar-refractivity contribution is 0.0578. The Morgan fingerprint density at radius 3 is 1.96 bits per heavy atom. The van der Waals surface area contributed by atoms with Crippen molar-refractivity contribution in [3.05, 3.63) is 35.4 Å². The van der Waals surface area contributed by atoms with E-state index in [-0.39, 0.29) is 23.9 Å². The van der Waals surface area contributed by atoms with Crippen LogP contribution in [0, 0.1) is 11.8 Å². The van der Waals surface area contributed by atoms with E-state index in [1.807, 2.05) is 4.90 Å². The first-order valence-corrected chi connectivity index (χ1v) is 8.40. The quantitative estimate of drug-likeness (QED) is 0.737. The van der Waals surface area contributed by atoms with E-state index in [9.17, 15) is 14.4 Å². The molecule has 0 unspecified atom stereocenters. The smallest absolute Gasteiger partial charge is 0.319 e. The number of hydrogen-bond donors (Lipinski definition) is 0. The molecule has 0 spiro atoms. The van der Waals surface area contributed by atoms with Crippen molar-refractivity contribution in [2.24, 2.45) is 11.8 Å².